The molecular formula is C12H18N4O2. The standard InChI is InChI=1S/C12H18N4O2/c1-3-18-12(17)16-6-4-15(5-7-16)11-8-10(2)13-9-14-11/h8-9H,3-7H2,1-2H3. The van der Waals surface area contributed by atoms with Gasteiger partial charge < -0.3 is 14.5 Å². The van der Waals surface area contributed by atoms with Gasteiger partial charge in [-0.15, -0.1) is 0 Å². The number of nitrogens with zero attached hydrogens (tertiary/aromatic N) is 4. The van der Waals surface area contributed by atoms with Crippen LogP contribution in [-0.4, -0.2) is 53.7 Å². The summed E-state index contributed by atoms with van der Waals surface area (Å²) in [6.45, 7) is 7.07. The molecule has 1 amide bonds. The molecule has 0 radical (unpaired) electrons. The fourth-order valence-electron chi connectivity index (χ4n) is 1.95. The van der Waals surface area contributed by atoms with E-state index in [1.54, 1.807) is 11.2 Å². The third-order valence-corrected chi connectivity index (χ3v) is 2.92. The monoisotopic (exact) mass is 250 g/mol. The molecule has 1 fully saturated rings. The van der Waals surface area contributed by atoms with E-state index in [0.717, 1.165) is 24.6 Å². The van der Waals surface area contributed by atoms with Crippen LogP contribution in [0.1, 0.15) is 12.6 Å². The second kappa shape index (κ2) is 5.66. The topological polar surface area (TPSA) is 58.6 Å². The van der Waals surface area contributed by atoms with Gasteiger partial charge in [-0.3, -0.25) is 0 Å². The number of anilines is 1. The summed E-state index contributed by atoms with van der Waals surface area (Å²) in [5, 5.41) is 0. The van der Waals surface area contributed by atoms with Gasteiger partial charge in [-0.25, -0.2) is 14.8 Å². The van der Waals surface area contributed by atoms with Crippen LogP contribution in [0.2, 0.25) is 0 Å². The molecule has 98 valence electrons. The minimum Gasteiger partial charge on any atom is -0.450 e. The lowest BCUT2D eigenvalue weighted by Crippen LogP contribution is -2.49. The van der Waals surface area contributed by atoms with Gasteiger partial charge in [-0.1, -0.05) is 0 Å². The van der Waals surface area contributed by atoms with Crippen LogP contribution in [0.4, 0.5) is 10.6 Å². The molecule has 18 heavy (non-hydrogen) atoms. The van der Waals surface area contributed by atoms with Crippen LogP contribution in [-0.2, 0) is 4.74 Å². The lowest BCUT2D eigenvalue weighted by Gasteiger charge is -2.34. The number of amides is 1. The molecule has 0 N–H and O–H groups in total. The molecular weight excluding hydrogens is 232 g/mol. The Balaban J connectivity index is 1.92. The van der Waals surface area contributed by atoms with Crippen LogP contribution in [0.15, 0.2) is 12.4 Å². The minimum atomic E-state index is -0.226. The number of rotatable bonds is 2. The van der Waals surface area contributed by atoms with Crippen molar-refractivity contribution in [1.29, 1.82) is 0 Å². The van der Waals surface area contributed by atoms with Crippen molar-refractivity contribution in [1.82, 2.24) is 14.9 Å². The van der Waals surface area contributed by atoms with Gasteiger partial charge in [0, 0.05) is 37.9 Å². The van der Waals surface area contributed by atoms with Crippen LogP contribution in [0.25, 0.3) is 0 Å². The number of carbonyl (C=O) groups excluding carboxylic acids is 1. The van der Waals surface area contributed by atoms with Crippen LogP contribution in [0.3, 0.4) is 0 Å². The van der Waals surface area contributed by atoms with Gasteiger partial charge in [-0.2, -0.15) is 0 Å². The van der Waals surface area contributed by atoms with Gasteiger partial charge in [0.15, 0.2) is 0 Å². The highest BCUT2D eigenvalue weighted by atomic mass is 16.6. The van der Waals surface area contributed by atoms with E-state index in [9.17, 15) is 4.79 Å². The summed E-state index contributed by atoms with van der Waals surface area (Å²) >= 11 is 0. The highest BCUT2D eigenvalue weighted by Crippen LogP contribution is 2.13. The van der Waals surface area contributed by atoms with Crippen molar-refractivity contribution in [3.63, 3.8) is 0 Å². The summed E-state index contributed by atoms with van der Waals surface area (Å²) in [7, 11) is 0. The van der Waals surface area contributed by atoms with E-state index in [-0.39, 0.29) is 6.09 Å². The maximum atomic E-state index is 11.6. The average Bonchev–Trinajstić information content (AvgIpc) is 2.39. The summed E-state index contributed by atoms with van der Waals surface area (Å²) in [5.41, 5.74) is 0.952. The first-order chi connectivity index (χ1) is 8.70. The first-order valence-electron chi connectivity index (χ1n) is 6.16. The summed E-state index contributed by atoms with van der Waals surface area (Å²) in [5.74, 6) is 0.922. The molecule has 2 heterocycles. The quantitative estimate of drug-likeness (QED) is 0.785. The fourth-order valence-corrected chi connectivity index (χ4v) is 1.95. The third-order valence-electron chi connectivity index (χ3n) is 2.92. The van der Waals surface area contributed by atoms with Gasteiger partial charge in [0.25, 0.3) is 0 Å². The number of piperazine rings is 1. The summed E-state index contributed by atoms with van der Waals surface area (Å²) in [4.78, 5) is 23.8. The van der Waals surface area contributed by atoms with E-state index in [1.165, 1.54) is 0 Å². The summed E-state index contributed by atoms with van der Waals surface area (Å²) < 4.78 is 4.98. The molecule has 0 aromatic carbocycles. The van der Waals surface area contributed by atoms with Gasteiger partial charge in [0.05, 0.1) is 6.61 Å². The number of aromatic nitrogens is 2. The van der Waals surface area contributed by atoms with Crippen molar-refractivity contribution in [2.75, 3.05) is 37.7 Å². The number of aryl methyl sites for hydroxylation is 1. The van der Waals surface area contributed by atoms with E-state index in [2.05, 4.69) is 14.9 Å². The van der Waals surface area contributed by atoms with Crippen molar-refractivity contribution >= 4 is 11.9 Å². The molecule has 1 aromatic rings. The van der Waals surface area contributed by atoms with Crippen molar-refractivity contribution in [2.45, 2.75) is 13.8 Å². The SMILES string of the molecule is CCOC(=O)N1CCN(c2cc(C)ncn2)CC1. The average molecular weight is 250 g/mol. The van der Waals surface area contributed by atoms with E-state index in [0.29, 0.717) is 19.7 Å². The Morgan fingerprint density at radius 3 is 2.67 bits per heavy atom. The normalized spacial score (nSPS) is 15.7. The molecule has 6 heteroatoms. The zero-order chi connectivity index (χ0) is 13.0. The molecule has 0 unspecified atom stereocenters. The Bertz CT molecular complexity index is 416. The molecule has 0 spiro atoms. The molecule has 0 atom stereocenters. The van der Waals surface area contributed by atoms with Crippen molar-refractivity contribution in [3.8, 4) is 0 Å². The largest absolute Gasteiger partial charge is 0.450 e. The number of carbonyl (C=O) groups is 1. The molecule has 0 bridgehead atoms. The number of hydrogen-bond acceptors (Lipinski definition) is 5. The Morgan fingerprint density at radius 1 is 1.33 bits per heavy atom. The first kappa shape index (κ1) is 12.6. The zero-order valence-corrected chi connectivity index (χ0v) is 10.8. The van der Waals surface area contributed by atoms with E-state index in [4.69, 9.17) is 4.74 Å². The Kier molecular flexibility index (Phi) is 3.96. The van der Waals surface area contributed by atoms with Gasteiger partial charge >= 0.3 is 6.09 Å². The molecule has 1 saturated heterocycles. The molecule has 1 aliphatic heterocycles. The predicted molar refractivity (Wildman–Crippen MR) is 67.6 cm³/mol. The molecule has 2 rings (SSSR count). The van der Waals surface area contributed by atoms with Crippen molar-refractivity contribution in [3.05, 3.63) is 18.1 Å². The maximum absolute atomic E-state index is 11.6. The van der Waals surface area contributed by atoms with E-state index in [1.807, 2.05) is 19.9 Å². The van der Waals surface area contributed by atoms with Gasteiger partial charge in [-0.05, 0) is 13.8 Å². The van der Waals surface area contributed by atoms with Crippen molar-refractivity contribution < 1.29 is 9.53 Å². The minimum absolute atomic E-state index is 0.226. The smallest absolute Gasteiger partial charge is 0.409 e. The first-order valence-corrected chi connectivity index (χ1v) is 6.16. The highest BCUT2D eigenvalue weighted by Gasteiger charge is 2.22. The predicted octanol–water partition coefficient (Wildman–Crippen LogP) is 1.06. The summed E-state index contributed by atoms with van der Waals surface area (Å²) in [6.07, 6.45) is 1.35. The molecule has 0 aliphatic carbocycles. The number of ether oxygens (including phenoxy) is 1. The zero-order valence-electron chi connectivity index (χ0n) is 10.8. The lowest BCUT2D eigenvalue weighted by atomic mass is 10.3. The van der Waals surface area contributed by atoms with Crippen molar-refractivity contribution in [2.24, 2.45) is 0 Å². The fraction of sp³-hybridized carbons (Fsp3) is 0.583. The van der Waals surface area contributed by atoms with Crippen LogP contribution >= 0.6 is 0 Å². The van der Waals surface area contributed by atoms with Gasteiger partial charge in [0.1, 0.15) is 12.1 Å². The van der Waals surface area contributed by atoms with Crippen LogP contribution in [0.5, 0.6) is 0 Å². The Labute approximate surface area is 107 Å². The summed E-state index contributed by atoms with van der Waals surface area (Å²) in [6, 6.07) is 1.96. The highest BCUT2D eigenvalue weighted by molar-refractivity contribution is 5.68. The molecule has 6 nitrogen and oxygen atoms in total. The molecule has 1 aromatic heterocycles. The van der Waals surface area contributed by atoms with E-state index < -0.39 is 0 Å². The molecule has 1 aliphatic rings. The lowest BCUT2D eigenvalue weighted by molar-refractivity contribution is 0.105. The third kappa shape index (κ3) is 2.88. The van der Waals surface area contributed by atoms with E-state index >= 15 is 0 Å². The second-order valence-corrected chi connectivity index (χ2v) is 4.19. The maximum Gasteiger partial charge on any atom is 0.409 e. The van der Waals surface area contributed by atoms with Gasteiger partial charge in [0.2, 0.25) is 0 Å². The molecule has 0 saturated carbocycles. The Hall–Kier alpha value is -1.85. The van der Waals surface area contributed by atoms with Crippen LogP contribution < -0.4 is 4.90 Å². The second-order valence-electron chi connectivity index (χ2n) is 4.19. The Morgan fingerprint density at radius 2 is 2.06 bits per heavy atom. The van der Waals surface area contributed by atoms with Crippen LogP contribution in [0, 0.1) is 6.92 Å². The number of hydrogen-bond donors (Lipinski definition) is 0.